The molecule has 1 atom stereocenters. The Labute approximate surface area is 98.1 Å². The number of allylic oxidation sites excluding steroid dienone is 1. The van der Waals surface area contributed by atoms with Crippen molar-refractivity contribution in [2.45, 2.75) is 39.4 Å². The van der Waals surface area contributed by atoms with E-state index in [0.717, 1.165) is 6.92 Å². The molecule has 7 heteroatoms. The summed E-state index contributed by atoms with van der Waals surface area (Å²) in [6.45, 7) is 5.82. The van der Waals surface area contributed by atoms with Gasteiger partial charge in [0.2, 0.25) is 5.60 Å². The first-order chi connectivity index (χ1) is 7.25. The molecule has 0 aromatic carbocycles. The highest BCUT2D eigenvalue weighted by Crippen LogP contribution is 2.23. The summed E-state index contributed by atoms with van der Waals surface area (Å²) in [5.74, 6) is -2.79. The number of hydrogen-bond acceptors (Lipinski definition) is 4. The van der Waals surface area contributed by atoms with E-state index >= 15 is 0 Å². The van der Waals surface area contributed by atoms with Crippen molar-refractivity contribution in [3.05, 3.63) is 11.6 Å². The lowest BCUT2D eigenvalue weighted by Gasteiger charge is -2.25. The van der Waals surface area contributed by atoms with Gasteiger partial charge in [-0.15, -0.1) is 0 Å². The van der Waals surface area contributed by atoms with Crippen LogP contribution in [0.5, 0.6) is 0 Å². The van der Waals surface area contributed by atoms with Gasteiger partial charge in [0, 0.05) is 0 Å². The van der Waals surface area contributed by atoms with E-state index < -0.39 is 17.5 Å². The van der Waals surface area contributed by atoms with Crippen molar-refractivity contribution >= 4 is 11.9 Å². The van der Waals surface area contributed by atoms with Crippen LogP contribution in [0.15, 0.2) is 11.6 Å². The summed E-state index contributed by atoms with van der Waals surface area (Å²) in [7, 11) is 0. The van der Waals surface area contributed by atoms with Crippen molar-refractivity contribution in [1.82, 2.24) is 0 Å². The van der Waals surface area contributed by atoms with Gasteiger partial charge in [-0.05, 0) is 27.7 Å². The highest BCUT2D eigenvalue weighted by Gasteiger charge is 2.43. The molecule has 0 heterocycles. The normalized spacial score (nSPS) is 15.0. The number of halogens is 1. The smallest absolute Gasteiger partial charge is 0.344 e. The van der Waals surface area contributed by atoms with Crippen LogP contribution >= 0.6 is 0 Å². The fraction of sp³-hybridized carbons (Fsp3) is 0.600. The molecule has 0 amide bonds. The zero-order chi connectivity index (χ0) is 12.9. The first kappa shape index (κ1) is 17.9. The molecular formula is C10H17FO6. The van der Waals surface area contributed by atoms with Gasteiger partial charge >= 0.3 is 11.9 Å². The Hall–Kier alpha value is -1.47. The van der Waals surface area contributed by atoms with Gasteiger partial charge in [0.25, 0.3) is 0 Å². The number of carbonyl (C=O) groups is 2. The van der Waals surface area contributed by atoms with E-state index in [9.17, 15) is 9.59 Å². The van der Waals surface area contributed by atoms with Gasteiger partial charge in [0.05, 0.1) is 11.7 Å². The summed E-state index contributed by atoms with van der Waals surface area (Å²) in [4.78, 5) is 31.3. The molecule has 0 saturated carbocycles. The Morgan fingerprint density at radius 3 is 2.00 bits per heavy atom. The zero-order valence-electron chi connectivity index (χ0n) is 10.1. The fourth-order valence-corrected chi connectivity index (χ4v) is 0.991. The van der Waals surface area contributed by atoms with Crippen LogP contribution in [-0.2, 0) is 19.4 Å². The Balaban J connectivity index is 0. The molecule has 6 nitrogen and oxygen atoms in total. The molecule has 0 aromatic rings. The third kappa shape index (κ3) is 4.49. The van der Waals surface area contributed by atoms with Gasteiger partial charge in [-0.1, -0.05) is 6.08 Å². The predicted octanol–water partition coefficient (Wildman–Crippen LogP) is 1.37. The van der Waals surface area contributed by atoms with Crippen molar-refractivity contribution in [2.24, 2.45) is 0 Å². The zero-order valence-corrected chi connectivity index (χ0v) is 10.1. The molecule has 0 saturated heterocycles. The summed E-state index contributed by atoms with van der Waals surface area (Å²) in [5, 5.41) is 17.8. The Bertz CT molecular complexity index is 312. The molecule has 0 aliphatic heterocycles. The van der Waals surface area contributed by atoms with E-state index in [1.807, 2.05) is 0 Å². The van der Waals surface area contributed by atoms with Crippen molar-refractivity contribution in [3.63, 3.8) is 0 Å². The summed E-state index contributed by atoms with van der Waals surface area (Å²) in [6.07, 6.45) is 0.797. The van der Waals surface area contributed by atoms with Gasteiger partial charge in [0.1, 0.15) is 0 Å². The summed E-state index contributed by atoms with van der Waals surface area (Å²) in [6, 6.07) is 0. The molecule has 17 heavy (non-hydrogen) atoms. The number of rotatable bonds is 6. The second kappa shape index (κ2) is 6.97. The molecule has 100 valence electrons. The summed E-state index contributed by atoms with van der Waals surface area (Å²) in [5.41, 5.74) is -2.41. The minimum atomic E-state index is -2.02. The molecule has 0 spiro atoms. The molecule has 0 rings (SSSR count). The van der Waals surface area contributed by atoms with Gasteiger partial charge in [-0.3, -0.25) is 4.70 Å². The first-order valence-corrected chi connectivity index (χ1v) is 4.73. The molecule has 0 fully saturated rings. The monoisotopic (exact) mass is 252 g/mol. The van der Waals surface area contributed by atoms with E-state index in [2.05, 4.69) is 0 Å². The van der Waals surface area contributed by atoms with E-state index in [-0.39, 0.29) is 16.4 Å². The molecule has 0 bridgehead atoms. The third-order valence-electron chi connectivity index (χ3n) is 1.85. The number of hydrogen-bond donors (Lipinski definition) is 2. The maximum absolute atomic E-state index is 11.0. The minimum absolute atomic E-state index is 0. The Morgan fingerprint density at radius 2 is 1.76 bits per heavy atom. The lowest BCUT2D eigenvalue weighted by molar-refractivity contribution is -0.359. The van der Waals surface area contributed by atoms with Gasteiger partial charge in [-0.2, -0.15) is 0 Å². The molecule has 2 N–H and O–H groups in total. The van der Waals surface area contributed by atoms with Crippen molar-refractivity contribution in [1.29, 1.82) is 0 Å². The Kier molecular flexibility index (Phi) is 7.35. The van der Waals surface area contributed by atoms with Crippen LogP contribution in [0.3, 0.4) is 0 Å². The van der Waals surface area contributed by atoms with Gasteiger partial charge in [0.15, 0.2) is 0 Å². The quantitative estimate of drug-likeness (QED) is 0.421. The first-order valence-electron chi connectivity index (χ1n) is 4.73. The average molecular weight is 252 g/mol. The summed E-state index contributed by atoms with van der Waals surface area (Å²) < 4.78 is 0. The standard InChI is InChI=1S/C10H16O6.FH/c1-5-7(8(11)12)10(4,9(13)14)16-15-6(2)3;/h5-6H,1-4H3,(H,11,12)(H,13,14);1H. The highest BCUT2D eigenvalue weighted by atomic mass is 19.0. The number of carboxylic acids is 2. The number of aliphatic carboxylic acids is 2. The third-order valence-corrected chi connectivity index (χ3v) is 1.85. The van der Waals surface area contributed by atoms with E-state index in [1.165, 1.54) is 13.0 Å². The molecule has 0 aromatic heterocycles. The van der Waals surface area contributed by atoms with Crippen LogP contribution < -0.4 is 0 Å². The lowest BCUT2D eigenvalue weighted by Crippen LogP contribution is -2.43. The van der Waals surface area contributed by atoms with Crippen LogP contribution in [0.2, 0.25) is 0 Å². The van der Waals surface area contributed by atoms with Crippen LogP contribution in [-0.4, -0.2) is 33.9 Å². The maximum atomic E-state index is 11.0. The molecule has 0 radical (unpaired) electrons. The van der Waals surface area contributed by atoms with Crippen molar-refractivity contribution in [3.8, 4) is 0 Å². The van der Waals surface area contributed by atoms with Gasteiger partial charge in [-0.25, -0.2) is 19.4 Å². The second-order valence-electron chi connectivity index (χ2n) is 3.57. The van der Waals surface area contributed by atoms with E-state index in [4.69, 9.17) is 20.0 Å². The largest absolute Gasteiger partial charge is 0.479 e. The van der Waals surface area contributed by atoms with E-state index in [1.54, 1.807) is 13.8 Å². The SMILES string of the molecule is CC=C(C(=O)O)C(C)(OOC(C)C)C(=O)O.F. The highest BCUT2D eigenvalue weighted by molar-refractivity contribution is 5.98. The molecule has 0 aliphatic carbocycles. The van der Waals surface area contributed by atoms with Gasteiger partial charge < -0.3 is 10.2 Å². The number of carboxylic acid groups (broad SMARTS) is 2. The van der Waals surface area contributed by atoms with Crippen LogP contribution in [0.1, 0.15) is 27.7 Å². The fourth-order valence-electron chi connectivity index (χ4n) is 0.991. The maximum Gasteiger partial charge on any atom is 0.344 e. The lowest BCUT2D eigenvalue weighted by atomic mass is 9.96. The van der Waals surface area contributed by atoms with Crippen molar-refractivity contribution in [2.75, 3.05) is 0 Å². The van der Waals surface area contributed by atoms with Crippen LogP contribution in [0.4, 0.5) is 4.70 Å². The topological polar surface area (TPSA) is 93.1 Å². The molecular weight excluding hydrogens is 235 g/mol. The van der Waals surface area contributed by atoms with E-state index in [0.29, 0.717) is 0 Å². The second-order valence-corrected chi connectivity index (χ2v) is 3.57. The molecule has 1 unspecified atom stereocenters. The Morgan fingerprint density at radius 1 is 1.29 bits per heavy atom. The average Bonchev–Trinajstić information content (AvgIpc) is 2.14. The van der Waals surface area contributed by atoms with Crippen molar-refractivity contribution < 1.29 is 34.3 Å². The van der Waals surface area contributed by atoms with Crippen LogP contribution in [0, 0.1) is 0 Å². The molecule has 0 aliphatic rings. The minimum Gasteiger partial charge on any atom is -0.479 e. The predicted molar refractivity (Wildman–Crippen MR) is 57.2 cm³/mol. The van der Waals surface area contributed by atoms with Crippen LogP contribution in [0.25, 0.3) is 0 Å². The summed E-state index contributed by atoms with van der Waals surface area (Å²) >= 11 is 0.